The maximum atomic E-state index is 13.7. The van der Waals surface area contributed by atoms with Crippen molar-refractivity contribution in [2.75, 3.05) is 42.1 Å². The number of ketones is 1. The van der Waals surface area contributed by atoms with Gasteiger partial charge in [-0.3, -0.25) is 19.2 Å². The number of aliphatic hydroxyl groups is 1. The monoisotopic (exact) mass is 999 g/mol. The van der Waals surface area contributed by atoms with Gasteiger partial charge < -0.3 is 56.4 Å². The topological polar surface area (TPSA) is 252 Å². The summed E-state index contributed by atoms with van der Waals surface area (Å²) in [6.45, 7) is 10.7. The number of rotatable bonds is 20. The van der Waals surface area contributed by atoms with Crippen LogP contribution in [-0.2, 0) is 57.1 Å². The molecule has 4 rings (SSSR count). The van der Waals surface area contributed by atoms with Crippen LogP contribution in [0.25, 0.3) is 29.2 Å². The number of carbonyl (C=O) groups is 5. The van der Waals surface area contributed by atoms with Crippen LogP contribution < -0.4 is 0 Å². The molecular formula is C51H74N4O16. The third kappa shape index (κ3) is 17.9. The van der Waals surface area contributed by atoms with Crippen molar-refractivity contribution in [3.05, 3.63) is 48.7 Å². The molecule has 1 aliphatic rings. The van der Waals surface area contributed by atoms with Crippen LogP contribution in [0.5, 0.6) is 0 Å². The van der Waals surface area contributed by atoms with E-state index < -0.39 is 78.4 Å². The summed E-state index contributed by atoms with van der Waals surface area (Å²) >= 11 is 0. The van der Waals surface area contributed by atoms with Gasteiger partial charge in [-0.05, 0) is 44.1 Å². The highest BCUT2D eigenvalue weighted by Crippen LogP contribution is 2.32. The number of esters is 3. The molecule has 6 bridgehead atoms. The van der Waals surface area contributed by atoms with E-state index in [0.717, 1.165) is 0 Å². The second kappa shape index (κ2) is 29.1. The van der Waals surface area contributed by atoms with Crippen molar-refractivity contribution in [1.82, 2.24) is 19.9 Å². The molecule has 4 heterocycles. The van der Waals surface area contributed by atoms with Crippen molar-refractivity contribution in [2.45, 2.75) is 148 Å². The van der Waals surface area contributed by atoms with Crippen LogP contribution in [0.2, 0.25) is 0 Å². The van der Waals surface area contributed by atoms with Crippen molar-refractivity contribution < 1.29 is 75.5 Å². The number of oxazole rings is 3. The summed E-state index contributed by atoms with van der Waals surface area (Å²) in [6, 6.07) is 0. The molecule has 12 atom stereocenters. The Balaban J connectivity index is 1.59. The first-order chi connectivity index (χ1) is 33.9. The van der Waals surface area contributed by atoms with E-state index in [9.17, 15) is 29.1 Å². The third-order valence-corrected chi connectivity index (χ3v) is 13.0. The lowest BCUT2D eigenvalue weighted by molar-refractivity contribution is -0.173. The van der Waals surface area contributed by atoms with Gasteiger partial charge in [0.15, 0.2) is 17.5 Å². The Morgan fingerprint density at radius 2 is 1.62 bits per heavy atom. The van der Waals surface area contributed by atoms with Gasteiger partial charge in [-0.25, -0.2) is 19.7 Å². The van der Waals surface area contributed by atoms with Gasteiger partial charge in [0, 0.05) is 91.5 Å². The van der Waals surface area contributed by atoms with Gasteiger partial charge in [-0.1, -0.05) is 46.8 Å². The number of amides is 1. The van der Waals surface area contributed by atoms with E-state index in [1.807, 2.05) is 40.7 Å². The van der Waals surface area contributed by atoms with Gasteiger partial charge in [0.05, 0.1) is 37.0 Å². The van der Waals surface area contributed by atoms with Gasteiger partial charge >= 0.3 is 17.9 Å². The summed E-state index contributed by atoms with van der Waals surface area (Å²) in [5.74, 6) is -2.96. The lowest BCUT2D eigenvalue weighted by Gasteiger charge is -2.35. The molecular weight excluding hydrogens is 925 g/mol. The Morgan fingerprint density at radius 1 is 0.915 bits per heavy atom. The Labute approximate surface area is 416 Å². The molecule has 0 aliphatic carbocycles. The van der Waals surface area contributed by atoms with Crippen LogP contribution in [0, 0.1) is 23.7 Å². The van der Waals surface area contributed by atoms with Crippen LogP contribution in [0.15, 0.2) is 50.4 Å². The summed E-state index contributed by atoms with van der Waals surface area (Å²) in [4.78, 5) is 78.8. The number of ether oxygens (including phenoxy) is 7. The summed E-state index contributed by atoms with van der Waals surface area (Å²) in [7, 11) is 7.54. The van der Waals surface area contributed by atoms with E-state index in [1.165, 1.54) is 44.8 Å². The van der Waals surface area contributed by atoms with Crippen LogP contribution in [0.1, 0.15) is 117 Å². The molecule has 394 valence electrons. The molecule has 12 unspecified atom stereocenters. The molecule has 71 heavy (non-hydrogen) atoms. The molecule has 20 heteroatoms. The number of carbonyl (C=O) groups excluding carboxylic acids is 5. The van der Waals surface area contributed by atoms with Crippen LogP contribution >= 0.6 is 0 Å². The van der Waals surface area contributed by atoms with Crippen LogP contribution in [0.3, 0.4) is 0 Å². The molecule has 3 aromatic heterocycles. The second-order valence-electron chi connectivity index (χ2n) is 18.5. The van der Waals surface area contributed by atoms with Gasteiger partial charge in [-0.15, -0.1) is 0 Å². The minimum absolute atomic E-state index is 0.0278. The van der Waals surface area contributed by atoms with Crippen molar-refractivity contribution in [1.29, 1.82) is 0 Å². The number of hydrogen-bond donors (Lipinski definition) is 1. The molecule has 3 aromatic rings. The molecule has 20 nitrogen and oxygen atoms in total. The van der Waals surface area contributed by atoms with E-state index in [-0.39, 0.29) is 74.0 Å². The molecule has 1 aliphatic heterocycles. The van der Waals surface area contributed by atoms with Crippen LogP contribution in [0.4, 0.5) is 0 Å². The third-order valence-electron chi connectivity index (χ3n) is 13.0. The first-order valence-electron chi connectivity index (χ1n) is 24.1. The van der Waals surface area contributed by atoms with Gasteiger partial charge in [0.1, 0.15) is 42.9 Å². The fourth-order valence-corrected chi connectivity index (χ4v) is 8.57. The molecule has 0 spiro atoms. The van der Waals surface area contributed by atoms with Crippen molar-refractivity contribution in [3.8, 4) is 23.2 Å². The number of aliphatic hydroxyl groups excluding tert-OH is 1. The van der Waals surface area contributed by atoms with Crippen molar-refractivity contribution in [2.24, 2.45) is 23.7 Å². The fraction of sp³-hybridized carbons (Fsp3) is 0.647. The van der Waals surface area contributed by atoms with E-state index in [1.54, 1.807) is 39.6 Å². The smallest absolute Gasteiger partial charge is 0.337 e. The first-order valence-corrected chi connectivity index (χ1v) is 24.1. The SMILES string of the molecule is COCC(OC)C(=O)OC(CCC(C)C(CC1OC(=O)CC(O)CCCC(=O)CC(C)c2coc(n2)-c2coc(n2)-c2coc(n2)C=CCC(OC)C1C)OC)C(C)C(OC(C)=O)C(C)C=CN(C)C=O. The highest BCUT2D eigenvalue weighted by atomic mass is 16.6. The van der Waals surface area contributed by atoms with E-state index in [2.05, 4.69) is 15.0 Å². The van der Waals surface area contributed by atoms with Crippen LogP contribution in [-0.4, -0.2) is 140 Å². The fourth-order valence-electron chi connectivity index (χ4n) is 8.57. The number of aromatic nitrogens is 3. The molecule has 0 aromatic carbocycles. The summed E-state index contributed by atoms with van der Waals surface area (Å²) in [5.41, 5.74) is 1.27. The first kappa shape index (κ1) is 58.0. The number of nitrogens with zero attached hydrogens (tertiary/aromatic N) is 4. The summed E-state index contributed by atoms with van der Waals surface area (Å²) in [6.07, 6.45) is 8.42. The maximum Gasteiger partial charge on any atom is 0.337 e. The predicted octanol–water partition coefficient (Wildman–Crippen LogP) is 7.15. The van der Waals surface area contributed by atoms with E-state index in [0.29, 0.717) is 49.2 Å². The zero-order chi connectivity index (χ0) is 52.2. The molecule has 0 saturated heterocycles. The minimum atomic E-state index is -1.06. The number of methoxy groups -OCH3 is 4. The average Bonchev–Trinajstić information content (AvgIpc) is 4.14. The lowest BCUT2D eigenvalue weighted by atomic mass is 9.83. The standard InChI is InChI=1S/C51H74N4O16/c1-30(18-19-42(71-51(61)45(65-11)28-62-8)34(5)48(69-35(6)57)31(2)20-21-55(7)29-56)43(64-10)24-44-33(4)41(63-9)16-13-17-46-52-39(26-66-46)49-54-40(27-68-49)50-53-38(25-67-50)32(3)22-36(58)14-12-15-37(59)23-47(60)70-44/h13,17,20-21,25-27,29-34,37,41-45,48,59H,12,14-16,18-19,22-24,28H2,1-11H3. The molecule has 0 fully saturated rings. The summed E-state index contributed by atoms with van der Waals surface area (Å²) in [5, 5.41) is 11.0. The largest absolute Gasteiger partial charge is 0.462 e. The second-order valence-corrected chi connectivity index (χ2v) is 18.5. The Hall–Kier alpha value is -5.54. The van der Waals surface area contributed by atoms with Gasteiger partial charge in [0.25, 0.3) is 0 Å². The maximum absolute atomic E-state index is 13.7. The van der Waals surface area contributed by atoms with Gasteiger partial charge in [0.2, 0.25) is 24.1 Å². The van der Waals surface area contributed by atoms with Gasteiger partial charge in [-0.2, -0.15) is 0 Å². The zero-order valence-corrected chi connectivity index (χ0v) is 43.0. The predicted molar refractivity (Wildman–Crippen MR) is 257 cm³/mol. The molecule has 1 N–H and O–H groups in total. The molecule has 0 saturated carbocycles. The Kier molecular flexibility index (Phi) is 23.8. The Bertz CT molecular complexity index is 2180. The van der Waals surface area contributed by atoms with E-state index >= 15 is 0 Å². The number of fused-ring (bicyclic) bond motifs is 8. The number of cyclic esters (lactones) is 1. The quantitative estimate of drug-likeness (QED) is 0.0670. The normalized spacial score (nSPS) is 22.7. The average molecular weight is 999 g/mol. The summed E-state index contributed by atoms with van der Waals surface area (Å²) < 4.78 is 57.9. The van der Waals surface area contributed by atoms with Crippen molar-refractivity contribution >= 4 is 36.2 Å². The zero-order valence-electron chi connectivity index (χ0n) is 43.0. The van der Waals surface area contributed by atoms with E-state index in [4.69, 9.17) is 46.4 Å². The minimum Gasteiger partial charge on any atom is -0.462 e. The number of Topliss-reactive ketones (excluding diaryl/α,β-unsaturated/α-hetero) is 1. The number of hydrogen-bond acceptors (Lipinski definition) is 19. The highest BCUT2D eigenvalue weighted by Gasteiger charge is 2.38. The Morgan fingerprint density at radius 3 is 2.30 bits per heavy atom. The highest BCUT2D eigenvalue weighted by molar-refractivity contribution is 5.79. The van der Waals surface area contributed by atoms with Crippen molar-refractivity contribution in [3.63, 3.8) is 0 Å². The molecule has 1 amide bonds. The molecule has 0 radical (unpaired) electrons. The lowest BCUT2D eigenvalue weighted by Crippen LogP contribution is -2.42.